The van der Waals surface area contributed by atoms with E-state index in [0.29, 0.717) is 12.5 Å². The first kappa shape index (κ1) is 15.4. The van der Waals surface area contributed by atoms with Crippen molar-refractivity contribution in [1.29, 1.82) is 0 Å². The predicted octanol–water partition coefficient (Wildman–Crippen LogP) is 2.09. The number of carboxylic acids is 1. The van der Waals surface area contributed by atoms with Crippen molar-refractivity contribution in [2.75, 3.05) is 13.6 Å². The van der Waals surface area contributed by atoms with Crippen LogP contribution in [0.25, 0.3) is 0 Å². The average molecular weight is 256 g/mol. The minimum Gasteiger partial charge on any atom is -0.480 e. The van der Waals surface area contributed by atoms with Gasteiger partial charge in [0.15, 0.2) is 0 Å². The Morgan fingerprint density at radius 1 is 1.56 bits per heavy atom. The van der Waals surface area contributed by atoms with Crippen LogP contribution in [0, 0.1) is 0 Å². The molecule has 4 nitrogen and oxygen atoms in total. The molecule has 1 saturated carbocycles. The molecular weight excluding hydrogens is 228 g/mol. The molecule has 0 heterocycles. The second-order valence-corrected chi connectivity index (χ2v) is 5.94. The minimum absolute atomic E-state index is 0.281. The summed E-state index contributed by atoms with van der Waals surface area (Å²) in [6.45, 7) is 7.15. The van der Waals surface area contributed by atoms with Crippen LogP contribution in [0.5, 0.6) is 0 Å². The lowest BCUT2D eigenvalue weighted by molar-refractivity contribution is -0.145. The van der Waals surface area contributed by atoms with Crippen LogP contribution < -0.4 is 5.32 Å². The average Bonchev–Trinajstić information content (AvgIpc) is 3.09. The van der Waals surface area contributed by atoms with Crippen molar-refractivity contribution in [3.8, 4) is 0 Å². The van der Waals surface area contributed by atoms with Crippen LogP contribution in [0.4, 0.5) is 0 Å². The molecule has 18 heavy (non-hydrogen) atoms. The van der Waals surface area contributed by atoms with E-state index in [2.05, 4.69) is 31.1 Å². The molecule has 0 aromatic carbocycles. The molecule has 0 amide bonds. The van der Waals surface area contributed by atoms with Crippen LogP contribution >= 0.6 is 0 Å². The van der Waals surface area contributed by atoms with Gasteiger partial charge in [-0.3, -0.25) is 10.1 Å². The summed E-state index contributed by atoms with van der Waals surface area (Å²) in [5.41, 5.74) is -0.791. The van der Waals surface area contributed by atoms with Gasteiger partial charge in [-0.1, -0.05) is 13.3 Å². The number of aliphatic carboxylic acids is 1. The first-order valence-corrected chi connectivity index (χ1v) is 7.10. The van der Waals surface area contributed by atoms with Gasteiger partial charge in [0.25, 0.3) is 0 Å². The molecule has 0 spiro atoms. The molecule has 0 aromatic rings. The number of unbranched alkanes of at least 4 members (excludes halogenated alkanes) is 1. The lowest BCUT2D eigenvalue weighted by Gasteiger charge is -2.33. The third kappa shape index (κ3) is 4.58. The molecule has 1 fully saturated rings. The van der Waals surface area contributed by atoms with Crippen LogP contribution in [0.15, 0.2) is 0 Å². The van der Waals surface area contributed by atoms with E-state index in [1.54, 1.807) is 0 Å². The highest BCUT2D eigenvalue weighted by Crippen LogP contribution is 2.25. The van der Waals surface area contributed by atoms with E-state index in [4.69, 9.17) is 0 Å². The SMILES string of the molecule is CCCCN(C)C(C)CC(C)(NC1CC1)C(=O)O. The van der Waals surface area contributed by atoms with Crippen LogP contribution in [-0.4, -0.2) is 47.2 Å². The lowest BCUT2D eigenvalue weighted by Crippen LogP contribution is -2.54. The van der Waals surface area contributed by atoms with Crippen molar-refractivity contribution >= 4 is 5.97 Å². The van der Waals surface area contributed by atoms with Gasteiger partial charge in [-0.15, -0.1) is 0 Å². The third-order valence-corrected chi connectivity index (χ3v) is 3.89. The summed E-state index contributed by atoms with van der Waals surface area (Å²) in [4.78, 5) is 13.7. The van der Waals surface area contributed by atoms with E-state index in [1.165, 1.54) is 12.8 Å². The number of carboxylic acid groups (broad SMARTS) is 1. The molecule has 0 saturated heterocycles. The van der Waals surface area contributed by atoms with Crippen molar-refractivity contribution in [3.05, 3.63) is 0 Å². The fourth-order valence-corrected chi connectivity index (χ4v) is 2.26. The van der Waals surface area contributed by atoms with Crippen molar-refractivity contribution in [1.82, 2.24) is 10.2 Å². The van der Waals surface area contributed by atoms with Gasteiger partial charge in [-0.25, -0.2) is 0 Å². The minimum atomic E-state index is -0.791. The van der Waals surface area contributed by atoms with E-state index in [1.807, 2.05) is 6.92 Å². The normalized spacial score (nSPS) is 20.7. The fourth-order valence-electron chi connectivity index (χ4n) is 2.26. The van der Waals surface area contributed by atoms with Gasteiger partial charge >= 0.3 is 5.97 Å². The highest BCUT2D eigenvalue weighted by molar-refractivity contribution is 5.78. The Morgan fingerprint density at radius 3 is 2.61 bits per heavy atom. The Kier molecular flexibility index (Phi) is 5.60. The van der Waals surface area contributed by atoms with Gasteiger partial charge in [0.2, 0.25) is 0 Å². The summed E-state index contributed by atoms with van der Waals surface area (Å²) >= 11 is 0. The molecule has 2 N–H and O–H groups in total. The van der Waals surface area contributed by atoms with Crippen LogP contribution in [0.1, 0.15) is 52.9 Å². The largest absolute Gasteiger partial charge is 0.480 e. The number of rotatable bonds is 9. The molecule has 1 aliphatic rings. The van der Waals surface area contributed by atoms with Gasteiger partial charge in [-0.2, -0.15) is 0 Å². The van der Waals surface area contributed by atoms with Gasteiger partial charge < -0.3 is 10.0 Å². The predicted molar refractivity (Wildman–Crippen MR) is 73.8 cm³/mol. The Labute approximate surface area is 111 Å². The Balaban J connectivity index is 2.50. The van der Waals surface area contributed by atoms with Crippen molar-refractivity contribution < 1.29 is 9.90 Å². The highest BCUT2D eigenvalue weighted by atomic mass is 16.4. The zero-order valence-electron chi connectivity index (χ0n) is 12.2. The van der Waals surface area contributed by atoms with Crippen LogP contribution in [0.3, 0.4) is 0 Å². The number of nitrogens with one attached hydrogen (secondary N) is 1. The summed E-state index contributed by atoms with van der Waals surface area (Å²) in [6, 6.07) is 0.697. The number of hydrogen-bond acceptors (Lipinski definition) is 3. The monoisotopic (exact) mass is 256 g/mol. The second-order valence-electron chi connectivity index (χ2n) is 5.94. The van der Waals surface area contributed by atoms with Crippen LogP contribution in [0.2, 0.25) is 0 Å². The number of carbonyl (C=O) groups is 1. The first-order valence-electron chi connectivity index (χ1n) is 7.10. The maximum absolute atomic E-state index is 11.5. The Bertz CT molecular complexity index is 279. The molecule has 0 radical (unpaired) electrons. The summed E-state index contributed by atoms with van der Waals surface area (Å²) in [6.07, 6.45) is 5.22. The van der Waals surface area contributed by atoms with E-state index in [-0.39, 0.29) is 6.04 Å². The molecule has 0 aliphatic heterocycles. The Morgan fingerprint density at radius 2 is 2.17 bits per heavy atom. The Hall–Kier alpha value is -0.610. The van der Waals surface area contributed by atoms with Gasteiger partial charge in [0, 0.05) is 12.1 Å². The van der Waals surface area contributed by atoms with Crippen molar-refractivity contribution in [2.24, 2.45) is 0 Å². The quantitative estimate of drug-likeness (QED) is 0.663. The van der Waals surface area contributed by atoms with E-state index in [0.717, 1.165) is 19.4 Å². The summed E-state index contributed by atoms with van der Waals surface area (Å²) < 4.78 is 0. The molecule has 2 unspecified atom stereocenters. The molecule has 106 valence electrons. The molecular formula is C14H28N2O2. The van der Waals surface area contributed by atoms with Gasteiger partial charge in [0.1, 0.15) is 5.54 Å². The van der Waals surface area contributed by atoms with E-state index >= 15 is 0 Å². The third-order valence-electron chi connectivity index (χ3n) is 3.89. The van der Waals surface area contributed by atoms with E-state index < -0.39 is 11.5 Å². The van der Waals surface area contributed by atoms with Crippen molar-refractivity contribution in [3.63, 3.8) is 0 Å². The maximum atomic E-state index is 11.5. The zero-order valence-corrected chi connectivity index (χ0v) is 12.2. The fraction of sp³-hybridized carbons (Fsp3) is 0.929. The molecule has 4 heteroatoms. The van der Waals surface area contributed by atoms with Crippen molar-refractivity contribution in [2.45, 2.75) is 70.5 Å². The first-order chi connectivity index (χ1) is 8.39. The van der Waals surface area contributed by atoms with Gasteiger partial charge in [-0.05, 0) is 53.1 Å². The zero-order chi connectivity index (χ0) is 13.8. The molecule has 0 aromatic heterocycles. The lowest BCUT2D eigenvalue weighted by atomic mass is 9.92. The maximum Gasteiger partial charge on any atom is 0.323 e. The molecule has 1 aliphatic carbocycles. The smallest absolute Gasteiger partial charge is 0.323 e. The molecule has 2 atom stereocenters. The summed E-state index contributed by atoms with van der Waals surface area (Å²) in [7, 11) is 2.08. The molecule has 1 rings (SSSR count). The summed E-state index contributed by atoms with van der Waals surface area (Å²) in [5, 5.41) is 12.7. The van der Waals surface area contributed by atoms with E-state index in [9.17, 15) is 9.90 Å². The number of nitrogens with zero attached hydrogens (tertiary/aromatic N) is 1. The number of hydrogen-bond donors (Lipinski definition) is 2. The molecule has 0 bridgehead atoms. The topological polar surface area (TPSA) is 52.6 Å². The highest BCUT2D eigenvalue weighted by Gasteiger charge is 2.39. The van der Waals surface area contributed by atoms with Crippen LogP contribution in [-0.2, 0) is 4.79 Å². The second kappa shape index (κ2) is 6.53. The summed E-state index contributed by atoms with van der Waals surface area (Å²) in [5.74, 6) is -0.731. The standard InChI is InChI=1S/C14H28N2O2/c1-5-6-9-16(4)11(2)10-14(3,13(17)18)15-12-7-8-12/h11-12,15H,5-10H2,1-4H3,(H,17,18). The van der Waals surface area contributed by atoms with Gasteiger partial charge in [0.05, 0.1) is 0 Å².